The number of carboxylic acids is 1. The Morgan fingerprint density at radius 3 is 2.25 bits per heavy atom. The van der Waals surface area contributed by atoms with E-state index in [4.69, 9.17) is 16.6 Å². The van der Waals surface area contributed by atoms with Gasteiger partial charge in [0.25, 0.3) is 0 Å². The summed E-state index contributed by atoms with van der Waals surface area (Å²) in [6.45, 7) is 0.00531. The van der Waals surface area contributed by atoms with Crippen LogP contribution in [0.1, 0.15) is 11.5 Å². The number of ether oxygens (including phenoxy) is 1. The number of hydrogen-bond donors (Lipinski definition) is 3. The number of carbonyl (C=O) groups is 2. The van der Waals surface area contributed by atoms with Crippen LogP contribution < -0.4 is 16.2 Å². The van der Waals surface area contributed by atoms with E-state index < -0.39 is 18.0 Å². The Kier molecular flexibility index (Phi) is 3.84. The molecule has 0 fully saturated rings. The first-order valence-electron chi connectivity index (χ1n) is 4.54. The van der Waals surface area contributed by atoms with Crippen molar-refractivity contribution in [1.82, 2.24) is 0 Å². The van der Waals surface area contributed by atoms with Crippen molar-refractivity contribution in [2.45, 2.75) is 5.92 Å². The zero-order chi connectivity index (χ0) is 12.1. The number of carboxylic acid groups (broad SMARTS) is 1. The molecule has 0 saturated heterocycles. The maximum absolute atomic E-state index is 10.8. The van der Waals surface area contributed by atoms with Gasteiger partial charge < -0.3 is 21.3 Å². The highest BCUT2D eigenvalue weighted by molar-refractivity contribution is 5.76. The van der Waals surface area contributed by atoms with E-state index in [1.807, 2.05) is 0 Å². The van der Waals surface area contributed by atoms with E-state index in [1.165, 1.54) is 24.3 Å². The van der Waals surface area contributed by atoms with Crippen molar-refractivity contribution < 1.29 is 19.4 Å². The lowest BCUT2D eigenvalue weighted by Crippen LogP contribution is -2.21. The van der Waals surface area contributed by atoms with Gasteiger partial charge in [-0.15, -0.1) is 0 Å². The highest BCUT2D eigenvalue weighted by atomic mass is 16.5. The van der Waals surface area contributed by atoms with Gasteiger partial charge in [0, 0.05) is 6.54 Å². The van der Waals surface area contributed by atoms with Crippen LogP contribution in [0.2, 0.25) is 0 Å². The molecule has 1 aromatic carbocycles. The number of amides is 1. The molecule has 0 radical (unpaired) electrons. The van der Waals surface area contributed by atoms with Crippen molar-refractivity contribution in [3.05, 3.63) is 29.8 Å². The molecule has 0 saturated carbocycles. The predicted octanol–water partition coefficient (Wildman–Crippen LogP) is 0.271. The average Bonchev–Trinajstić information content (AvgIpc) is 2.20. The Bertz CT molecular complexity index is 388. The van der Waals surface area contributed by atoms with Crippen LogP contribution in [0.5, 0.6) is 5.75 Å². The summed E-state index contributed by atoms with van der Waals surface area (Å²) in [6.07, 6.45) is -0.915. The summed E-state index contributed by atoms with van der Waals surface area (Å²) < 4.78 is 4.60. The Hall–Kier alpha value is -2.08. The van der Waals surface area contributed by atoms with Crippen molar-refractivity contribution in [2.75, 3.05) is 6.54 Å². The monoisotopic (exact) mass is 224 g/mol. The molecule has 0 spiro atoms. The summed E-state index contributed by atoms with van der Waals surface area (Å²) in [5, 5.41) is 8.86. The number of carbonyl (C=O) groups excluding carboxylic acids is 1. The van der Waals surface area contributed by atoms with Crippen molar-refractivity contribution in [3.8, 4) is 5.75 Å². The standard InChI is InChI=1S/C10H12N2O4/c11-5-8(9(13)14)6-1-3-7(4-2-6)16-10(12)15/h1-4,8H,5,11H2,(H2,12,15)(H,13,14). The van der Waals surface area contributed by atoms with Gasteiger partial charge >= 0.3 is 12.1 Å². The molecule has 5 N–H and O–H groups in total. The van der Waals surface area contributed by atoms with Crippen LogP contribution in [-0.4, -0.2) is 23.7 Å². The molecule has 1 atom stereocenters. The average molecular weight is 224 g/mol. The maximum Gasteiger partial charge on any atom is 0.409 e. The minimum atomic E-state index is -0.994. The van der Waals surface area contributed by atoms with E-state index in [-0.39, 0.29) is 12.3 Å². The quantitative estimate of drug-likeness (QED) is 0.678. The Morgan fingerprint density at radius 1 is 1.31 bits per heavy atom. The van der Waals surface area contributed by atoms with Crippen molar-refractivity contribution in [3.63, 3.8) is 0 Å². The SMILES string of the molecule is NCC(C(=O)O)c1ccc(OC(N)=O)cc1. The van der Waals surface area contributed by atoms with Gasteiger partial charge in [-0.3, -0.25) is 4.79 Å². The highest BCUT2D eigenvalue weighted by Gasteiger charge is 2.17. The molecule has 1 unspecified atom stereocenters. The smallest absolute Gasteiger partial charge is 0.409 e. The highest BCUT2D eigenvalue weighted by Crippen LogP contribution is 2.19. The van der Waals surface area contributed by atoms with Gasteiger partial charge in [-0.1, -0.05) is 12.1 Å². The van der Waals surface area contributed by atoms with Gasteiger partial charge in [-0.05, 0) is 17.7 Å². The molecule has 1 amide bonds. The summed E-state index contributed by atoms with van der Waals surface area (Å²) in [5.74, 6) is -1.49. The number of aliphatic carboxylic acids is 1. The topological polar surface area (TPSA) is 116 Å². The predicted molar refractivity (Wildman–Crippen MR) is 56.1 cm³/mol. The van der Waals surface area contributed by atoms with Gasteiger partial charge in [0.05, 0.1) is 5.92 Å². The summed E-state index contributed by atoms with van der Waals surface area (Å²) >= 11 is 0. The molecule has 0 aliphatic heterocycles. The summed E-state index contributed by atoms with van der Waals surface area (Å²) in [7, 11) is 0. The first-order valence-corrected chi connectivity index (χ1v) is 4.54. The number of nitrogens with two attached hydrogens (primary N) is 2. The first-order chi connectivity index (χ1) is 7.54. The third-order valence-corrected chi connectivity index (χ3v) is 2.03. The van der Waals surface area contributed by atoms with Crippen LogP contribution in [0.3, 0.4) is 0 Å². The lowest BCUT2D eigenvalue weighted by molar-refractivity contribution is -0.138. The maximum atomic E-state index is 10.8. The van der Waals surface area contributed by atoms with E-state index in [9.17, 15) is 9.59 Å². The van der Waals surface area contributed by atoms with Crippen LogP contribution >= 0.6 is 0 Å². The van der Waals surface area contributed by atoms with E-state index in [0.29, 0.717) is 5.56 Å². The zero-order valence-corrected chi connectivity index (χ0v) is 8.42. The molecule has 86 valence electrons. The Morgan fingerprint density at radius 2 is 1.88 bits per heavy atom. The molecular formula is C10H12N2O4. The van der Waals surface area contributed by atoms with E-state index in [0.717, 1.165) is 0 Å². The Labute approximate surface area is 91.8 Å². The fourth-order valence-corrected chi connectivity index (χ4v) is 1.26. The minimum absolute atomic E-state index is 0.00531. The summed E-state index contributed by atoms with van der Waals surface area (Å²) in [4.78, 5) is 21.2. The summed E-state index contributed by atoms with van der Waals surface area (Å²) in [6, 6.07) is 5.99. The van der Waals surface area contributed by atoms with Crippen molar-refractivity contribution >= 4 is 12.1 Å². The molecule has 0 bridgehead atoms. The van der Waals surface area contributed by atoms with Crippen molar-refractivity contribution in [1.29, 1.82) is 0 Å². The van der Waals surface area contributed by atoms with Gasteiger partial charge in [-0.2, -0.15) is 0 Å². The third-order valence-electron chi connectivity index (χ3n) is 2.03. The molecular weight excluding hydrogens is 212 g/mol. The molecule has 1 rings (SSSR count). The fraction of sp³-hybridized carbons (Fsp3) is 0.200. The fourth-order valence-electron chi connectivity index (χ4n) is 1.26. The number of rotatable bonds is 4. The van der Waals surface area contributed by atoms with Gasteiger partial charge in [0.15, 0.2) is 0 Å². The second-order valence-electron chi connectivity index (χ2n) is 3.12. The van der Waals surface area contributed by atoms with E-state index >= 15 is 0 Å². The lowest BCUT2D eigenvalue weighted by Gasteiger charge is -2.10. The zero-order valence-electron chi connectivity index (χ0n) is 8.42. The second kappa shape index (κ2) is 5.13. The largest absolute Gasteiger partial charge is 0.481 e. The van der Waals surface area contributed by atoms with Crippen LogP contribution in [-0.2, 0) is 4.79 Å². The third kappa shape index (κ3) is 2.96. The molecule has 16 heavy (non-hydrogen) atoms. The second-order valence-corrected chi connectivity index (χ2v) is 3.12. The molecule has 6 heteroatoms. The van der Waals surface area contributed by atoms with Gasteiger partial charge in [0.1, 0.15) is 5.75 Å². The van der Waals surface area contributed by atoms with Crippen molar-refractivity contribution in [2.24, 2.45) is 11.5 Å². The lowest BCUT2D eigenvalue weighted by atomic mass is 9.99. The minimum Gasteiger partial charge on any atom is -0.481 e. The van der Waals surface area contributed by atoms with E-state index in [2.05, 4.69) is 4.74 Å². The van der Waals surface area contributed by atoms with Crippen LogP contribution in [0, 0.1) is 0 Å². The van der Waals surface area contributed by atoms with Crippen LogP contribution in [0.15, 0.2) is 24.3 Å². The Balaban J connectivity index is 2.85. The first kappa shape index (κ1) is 12.0. The normalized spacial score (nSPS) is 11.8. The van der Waals surface area contributed by atoms with Crippen LogP contribution in [0.25, 0.3) is 0 Å². The molecule has 0 aliphatic rings. The van der Waals surface area contributed by atoms with E-state index in [1.54, 1.807) is 0 Å². The number of hydrogen-bond acceptors (Lipinski definition) is 4. The molecule has 0 heterocycles. The molecule has 0 aromatic heterocycles. The van der Waals surface area contributed by atoms with Gasteiger partial charge in [-0.25, -0.2) is 4.79 Å². The van der Waals surface area contributed by atoms with Gasteiger partial charge in [0.2, 0.25) is 0 Å². The molecule has 1 aromatic rings. The molecule has 6 nitrogen and oxygen atoms in total. The number of benzene rings is 1. The molecule has 0 aliphatic carbocycles. The van der Waals surface area contributed by atoms with Crippen LogP contribution in [0.4, 0.5) is 4.79 Å². The summed E-state index contributed by atoms with van der Waals surface area (Å²) in [5.41, 5.74) is 10.7. The number of primary amides is 1.